The van der Waals surface area contributed by atoms with Gasteiger partial charge in [0, 0.05) is 24.9 Å². The van der Waals surface area contributed by atoms with E-state index >= 15 is 0 Å². The summed E-state index contributed by atoms with van der Waals surface area (Å²) in [4.78, 5) is 3.93. The largest absolute Gasteiger partial charge is 0.398 e. The first-order valence-electron chi connectivity index (χ1n) is 5.64. The summed E-state index contributed by atoms with van der Waals surface area (Å²) in [5, 5.41) is 0. The molecule has 1 atom stereocenters. The van der Waals surface area contributed by atoms with E-state index in [2.05, 4.69) is 35.4 Å². The van der Waals surface area contributed by atoms with Gasteiger partial charge < -0.3 is 5.73 Å². The highest BCUT2D eigenvalue weighted by atomic mass is 14.6. The minimum absolute atomic E-state index is 0.262. The van der Waals surface area contributed by atoms with Gasteiger partial charge in [-0.25, -0.2) is 0 Å². The molecule has 0 spiro atoms. The number of nitrogens with two attached hydrogens (primary N) is 1. The van der Waals surface area contributed by atoms with E-state index < -0.39 is 0 Å². The van der Waals surface area contributed by atoms with Crippen LogP contribution in [0.3, 0.4) is 0 Å². The summed E-state index contributed by atoms with van der Waals surface area (Å²) in [5.41, 5.74) is 9.24. The van der Waals surface area contributed by atoms with Gasteiger partial charge in [0.05, 0.1) is 0 Å². The van der Waals surface area contributed by atoms with Crippen LogP contribution in [0.5, 0.6) is 0 Å². The lowest BCUT2D eigenvalue weighted by molar-refractivity contribution is 1.05. The van der Waals surface area contributed by atoms with Crippen LogP contribution in [-0.4, -0.2) is 13.3 Å². The molecular formula is C15H16N2. The van der Waals surface area contributed by atoms with Crippen LogP contribution >= 0.6 is 0 Å². The van der Waals surface area contributed by atoms with Crippen LogP contribution in [-0.2, 0) is 0 Å². The van der Waals surface area contributed by atoms with Crippen molar-refractivity contribution in [2.24, 2.45) is 4.99 Å². The monoisotopic (exact) mass is 224 g/mol. The zero-order valence-corrected chi connectivity index (χ0v) is 9.88. The van der Waals surface area contributed by atoms with Crippen LogP contribution in [0.1, 0.15) is 11.5 Å². The lowest BCUT2D eigenvalue weighted by Gasteiger charge is -2.13. The van der Waals surface area contributed by atoms with Gasteiger partial charge in [0.25, 0.3) is 0 Å². The van der Waals surface area contributed by atoms with Gasteiger partial charge in [0.2, 0.25) is 0 Å². The highest BCUT2D eigenvalue weighted by Gasteiger charge is 2.16. The summed E-state index contributed by atoms with van der Waals surface area (Å²) in [6, 6.07) is 7.99. The van der Waals surface area contributed by atoms with Crippen molar-refractivity contribution in [3.05, 3.63) is 65.8 Å². The Balaban J connectivity index is 2.25. The van der Waals surface area contributed by atoms with Crippen molar-refractivity contribution in [2.75, 3.05) is 12.8 Å². The lowest BCUT2D eigenvalue weighted by atomic mass is 9.92. The third-order valence-corrected chi connectivity index (χ3v) is 2.81. The maximum absolute atomic E-state index is 6.01. The molecule has 17 heavy (non-hydrogen) atoms. The third kappa shape index (κ3) is 2.53. The van der Waals surface area contributed by atoms with E-state index in [1.165, 1.54) is 5.57 Å². The second-order valence-corrected chi connectivity index (χ2v) is 3.92. The Morgan fingerprint density at radius 1 is 1.29 bits per heavy atom. The number of rotatable bonds is 3. The van der Waals surface area contributed by atoms with Crippen molar-refractivity contribution >= 4 is 11.9 Å². The average Bonchev–Trinajstić information content (AvgIpc) is 2.78. The van der Waals surface area contributed by atoms with Crippen LogP contribution < -0.4 is 5.73 Å². The molecule has 0 saturated carbocycles. The van der Waals surface area contributed by atoms with E-state index in [-0.39, 0.29) is 5.92 Å². The number of nitrogen functional groups attached to an aromatic ring is 1. The van der Waals surface area contributed by atoms with Crippen LogP contribution in [0.25, 0.3) is 0 Å². The van der Waals surface area contributed by atoms with Crippen molar-refractivity contribution in [1.82, 2.24) is 0 Å². The van der Waals surface area contributed by atoms with Crippen molar-refractivity contribution in [2.45, 2.75) is 5.92 Å². The second-order valence-electron chi connectivity index (χ2n) is 3.92. The number of hydrogen-bond donors (Lipinski definition) is 1. The molecule has 0 aliphatic heterocycles. The van der Waals surface area contributed by atoms with Gasteiger partial charge >= 0.3 is 0 Å². The van der Waals surface area contributed by atoms with Gasteiger partial charge in [0.15, 0.2) is 0 Å². The summed E-state index contributed by atoms with van der Waals surface area (Å²) >= 11 is 0. The number of benzene rings is 1. The van der Waals surface area contributed by atoms with E-state index in [0.29, 0.717) is 0 Å². The molecule has 0 radical (unpaired) electrons. The number of aliphatic imine (C=N–C) groups is 1. The number of hydrogen-bond acceptors (Lipinski definition) is 2. The molecule has 1 unspecified atom stereocenters. The van der Waals surface area contributed by atoms with Gasteiger partial charge in [-0.1, -0.05) is 42.5 Å². The summed E-state index contributed by atoms with van der Waals surface area (Å²) < 4.78 is 0. The molecule has 2 rings (SSSR count). The maximum Gasteiger partial charge on any atom is 0.0356 e. The average molecular weight is 224 g/mol. The minimum atomic E-state index is 0.262. The maximum atomic E-state index is 6.01. The van der Waals surface area contributed by atoms with E-state index in [9.17, 15) is 0 Å². The molecule has 0 aromatic heterocycles. The molecule has 0 fully saturated rings. The SMILES string of the molecule is CN=C/C=C/C1=CC=CC1c1ccccc1N. The highest BCUT2D eigenvalue weighted by Crippen LogP contribution is 2.33. The van der Waals surface area contributed by atoms with Crippen molar-refractivity contribution in [3.63, 3.8) is 0 Å². The zero-order valence-electron chi connectivity index (χ0n) is 9.88. The fourth-order valence-electron chi connectivity index (χ4n) is 1.97. The first-order valence-corrected chi connectivity index (χ1v) is 5.64. The van der Waals surface area contributed by atoms with E-state index in [0.717, 1.165) is 11.3 Å². The summed E-state index contributed by atoms with van der Waals surface area (Å²) in [5.74, 6) is 0.262. The number of anilines is 1. The standard InChI is InChI=1S/C15H16N2/c1-17-11-5-7-12-6-4-9-13(12)14-8-2-3-10-15(14)16/h2-11,13H,16H2,1H3/b7-5+,17-11?. The van der Waals surface area contributed by atoms with E-state index in [4.69, 9.17) is 5.73 Å². The smallest absolute Gasteiger partial charge is 0.0356 e. The zero-order chi connectivity index (χ0) is 12.1. The first-order chi connectivity index (χ1) is 8.33. The molecule has 1 aromatic carbocycles. The normalized spacial score (nSPS) is 19.4. The van der Waals surface area contributed by atoms with Crippen LogP contribution in [0, 0.1) is 0 Å². The molecule has 1 aliphatic rings. The topological polar surface area (TPSA) is 38.4 Å². The molecule has 1 aromatic rings. The lowest BCUT2D eigenvalue weighted by Crippen LogP contribution is -2.00. The molecule has 0 heterocycles. The molecule has 86 valence electrons. The molecule has 1 aliphatic carbocycles. The van der Waals surface area contributed by atoms with Gasteiger partial charge in [-0.2, -0.15) is 0 Å². The predicted octanol–water partition coefficient (Wildman–Crippen LogP) is 3.11. The Hall–Kier alpha value is -2.09. The van der Waals surface area contributed by atoms with Gasteiger partial charge in [-0.15, -0.1) is 0 Å². The van der Waals surface area contributed by atoms with E-state index in [1.807, 2.05) is 24.3 Å². The van der Waals surface area contributed by atoms with Crippen molar-refractivity contribution in [1.29, 1.82) is 0 Å². The summed E-state index contributed by atoms with van der Waals surface area (Å²) in [6.07, 6.45) is 12.1. The van der Waals surface area contributed by atoms with Crippen molar-refractivity contribution < 1.29 is 0 Å². The van der Waals surface area contributed by atoms with Crippen molar-refractivity contribution in [3.8, 4) is 0 Å². The first kappa shape index (κ1) is 11.4. The predicted molar refractivity (Wildman–Crippen MR) is 74.4 cm³/mol. The molecule has 2 nitrogen and oxygen atoms in total. The number of nitrogens with zero attached hydrogens (tertiary/aromatic N) is 1. The fourth-order valence-corrected chi connectivity index (χ4v) is 1.97. The minimum Gasteiger partial charge on any atom is -0.398 e. The molecule has 2 heteroatoms. The number of allylic oxidation sites excluding steroid dienone is 6. The van der Waals surface area contributed by atoms with Crippen LogP contribution in [0.4, 0.5) is 5.69 Å². The van der Waals surface area contributed by atoms with Crippen LogP contribution in [0.15, 0.2) is 65.2 Å². The summed E-state index contributed by atoms with van der Waals surface area (Å²) in [6.45, 7) is 0. The molecule has 0 saturated heterocycles. The number of para-hydroxylation sites is 1. The Morgan fingerprint density at radius 2 is 2.12 bits per heavy atom. The van der Waals surface area contributed by atoms with Gasteiger partial charge in [-0.05, 0) is 23.3 Å². The quantitative estimate of drug-likeness (QED) is 0.621. The summed E-state index contributed by atoms with van der Waals surface area (Å²) in [7, 11) is 1.76. The second kappa shape index (κ2) is 5.30. The van der Waals surface area contributed by atoms with E-state index in [1.54, 1.807) is 13.3 Å². The third-order valence-electron chi connectivity index (χ3n) is 2.81. The van der Waals surface area contributed by atoms with Gasteiger partial charge in [-0.3, -0.25) is 4.99 Å². The van der Waals surface area contributed by atoms with Crippen LogP contribution in [0.2, 0.25) is 0 Å². The molecular weight excluding hydrogens is 208 g/mol. The Labute approximate surface area is 102 Å². The highest BCUT2D eigenvalue weighted by molar-refractivity contribution is 5.72. The Kier molecular flexibility index (Phi) is 3.55. The fraction of sp³-hybridized carbons (Fsp3) is 0.133. The van der Waals surface area contributed by atoms with Gasteiger partial charge in [0.1, 0.15) is 0 Å². The molecule has 0 bridgehead atoms. The molecule has 2 N–H and O–H groups in total. The Bertz CT molecular complexity index is 507. The molecule has 0 amide bonds. The Morgan fingerprint density at radius 3 is 2.88 bits per heavy atom.